The van der Waals surface area contributed by atoms with E-state index in [-0.39, 0.29) is 11.3 Å². The molecule has 0 unspecified atom stereocenters. The molecule has 96 valence electrons. The van der Waals surface area contributed by atoms with Crippen molar-refractivity contribution in [2.24, 2.45) is 11.1 Å². The molecule has 0 spiro atoms. The van der Waals surface area contributed by atoms with Crippen LogP contribution >= 0.6 is 11.3 Å². The minimum atomic E-state index is -0.0680. The zero-order valence-electron chi connectivity index (χ0n) is 10.7. The summed E-state index contributed by atoms with van der Waals surface area (Å²) in [6.45, 7) is 5.22. The average molecular weight is 262 g/mol. The van der Waals surface area contributed by atoms with Crippen LogP contribution in [0.1, 0.15) is 24.2 Å². The molecule has 0 saturated carbocycles. The number of benzene rings is 1. The van der Waals surface area contributed by atoms with Gasteiger partial charge in [0, 0.05) is 22.0 Å². The van der Waals surface area contributed by atoms with Crippen molar-refractivity contribution < 1.29 is 4.79 Å². The van der Waals surface area contributed by atoms with Crippen molar-refractivity contribution in [3.8, 4) is 0 Å². The predicted molar refractivity (Wildman–Crippen MR) is 77.0 cm³/mol. The van der Waals surface area contributed by atoms with Gasteiger partial charge in [-0.3, -0.25) is 4.79 Å². The third-order valence-corrected chi connectivity index (χ3v) is 3.97. The Labute approximate surface area is 111 Å². The molecule has 4 heteroatoms. The first-order valence-corrected chi connectivity index (χ1v) is 6.86. The van der Waals surface area contributed by atoms with Gasteiger partial charge in [-0.25, -0.2) is 0 Å². The van der Waals surface area contributed by atoms with Gasteiger partial charge in [0.2, 0.25) is 0 Å². The summed E-state index contributed by atoms with van der Waals surface area (Å²) in [6, 6.07) is 7.95. The predicted octanol–water partition coefficient (Wildman–Crippen LogP) is 2.62. The number of fused-ring (bicyclic) bond motifs is 1. The Morgan fingerprint density at radius 3 is 2.83 bits per heavy atom. The standard InChI is InChI=1S/C14H18N2OS/c1-14(2,8-15)9-16-13(17)11-7-18-12-6-4-3-5-10(11)12/h3-7H,8-9,15H2,1-2H3,(H,16,17). The van der Waals surface area contributed by atoms with E-state index in [1.807, 2.05) is 43.5 Å². The fraction of sp³-hybridized carbons (Fsp3) is 0.357. The first-order valence-electron chi connectivity index (χ1n) is 5.98. The van der Waals surface area contributed by atoms with Crippen LogP contribution in [-0.2, 0) is 0 Å². The van der Waals surface area contributed by atoms with Crippen LogP contribution in [0.3, 0.4) is 0 Å². The van der Waals surface area contributed by atoms with Crippen LogP contribution in [0.2, 0.25) is 0 Å². The average Bonchev–Trinajstić information content (AvgIpc) is 2.80. The summed E-state index contributed by atoms with van der Waals surface area (Å²) in [5, 5.41) is 5.89. The second-order valence-corrected chi connectivity index (χ2v) is 6.11. The molecule has 18 heavy (non-hydrogen) atoms. The van der Waals surface area contributed by atoms with E-state index in [1.165, 1.54) is 0 Å². The lowest BCUT2D eigenvalue weighted by molar-refractivity contribution is 0.0940. The van der Waals surface area contributed by atoms with Gasteiger partial charge < -0.3 is 11.1 Å². The Kier molecular flexibility index (Phi) is 3.68. The lowest BCUT2D eigenvalue weighted by atomic mass is 9.94. The van der Waals surface area contributed by atoms with Crippen LogP contribution < -0.4 is 11.1 Å². The maximum atomic E-state index is 12.1. The first-order chi connectivity index (χ1) is 8.53. The molecular weight excluding hydrogens is 244 g/mol. The molecule has 1 heterocycles. The highest BCUT2D eigenvalue weighted by Crippen LogP contribution is 2.25. The van der Waals surface area contributed by atoms with Crippen molar-refractivity contribution in [3.63, 3.8) is 0 Å². The summed E-state index contributed by atoms with van der Waals surface area (Å²) >= 11 is 1.60. The number of nitrogens with two attached hydrogens (primary N) is 1. The molecule has 0 bridgehead atoms. The molecule has 2 rings (SSSR count). The topological polar surface area (TPSA) is 55.1 Å². The highest BCUT2D eigenvalue weighted by molar-refractivity contribution is 7.17. The zero-order chi connectivity index (χ0) is 13.2. The van der Waals surface area contributed by atoms with Crippen molar-refractivity contribution in [1.29, 1.82) is 0 Å². The number of nitrogens with one attached hydrogen (secondary N) is 1. The first kappa shape index (κ1) is 13.1. The van der Waals surface area contributed by atoms with E-state index in [9.17, 15) is 4.79 Å². The van der Waals surface area contributed by atoms with Crippen molar-refractivity contribution in [1.82, 2.24) is 5.32 Å². The van der Waals surface area contributed by atoms with Gasteiger partial charge in [0.25, 0.3) is 5.91 Å². The minimum Gasteiger partial charge on any atom is -0.351 e. The molecule has 2 aromatic rings. The smallest absolute Gasteiger partial charge is 0.252 e. The van der Waals surface area contributed by atoms with E-state index >= 15 is 0 Å². The van der Waals surface area contributed by atoms with Gasteiger partial charge >= 0.3 is 0 Å². The molecule has 3 N–H and O–H groups in total. The summed E-state index contributed by atoms with van der Waals surface area (Å²) in [5.41, 5.74) is 6.34. The second kappa shape index (κ2) is 5.08. The minimum absolute atomic E-state index is 0.0195. The van der Waals surface area contributed by atoms with Gasteiger partial charge in [0.15, 0.2) is 0 Å². The second-order valence-electron chi connectivity index (χ2n) is 5.20. The summed E-state index contributed by atoms with van der Waals surface area (Å²) in [4.78, 5) is 12.1. The Morgan fingerprint density at radius 2 is 2.11 bits per heavy atom. The van der Waals surface area contributed by atoms with Gasteiger partial charge in [0.05, 0.1) is 5.56 Å². The third-order valence-electron chi connectivity index (χ3n) is 3.01. The molecule has 0 radical (unpaired) electrons. The van der Waals surface area contributed by atoms with Crippen molar-refractivity contribution in [3.05, 3.63) is 35.2 Å². The van der Waals surface area contributed by atoms with Crippen LogP contribution in [0.25, 0.3) is 10.1 Å². The van der Waals surface area contributed by atoms with E-state index in [2.05, 4.69) is 5.32 Å². The highest BCUT2D eigenvalue weighted by Gasteiger charge is 2.18. The number of hydrogen-bond acceptors (Lipinski definition) is 3. The van der Waals surface area contributed by atoms with Crippen LogP contribution in [0, 0.1) is 5.41 Å². The van der Waals surface area contributed by atoms with Gasteiger partial charge in [-0.15, -0.1) is 11.3 Å². The zero-order valence-corrected chi connectivity index (χ0v) is 11.5. The van der Waals surface area contributed by atoms with Crippen molar-refractivity contribution in [2.75, 3.05) is 13.1 Å². The lowest BCUT2D eigenvalue weighted by Gasteiger charge is -2.22. The quantitative estimate of drug-likeness (QED) is 0.890. The number of carbonyl (C=O) groups excluding carboxylic acids is 1. The lowest BCUT2D eigenvalue weighted by Crippen LogP contribution is -2.38. The molecule has 1 amide bonds. The van der Waals surface area contributed by atoms with E-state index in [4.69, 9.17) is 5.73 Å². The molecule has 0 fully saturated rings. The Hall–Kier alpha value is -1.39. The van der Waals surface area contributed by atoms with E-state index < -0.39 is 0 Å². The maximum absolute atomic E-state index is 12.1. The molecule has 0 aliphatic rings. The van der Waals surface area contributed by atoms with Gasteiger partial charge in [-0.05, 0) is 18.0 Å². The normalized spacial score (nSPS) is 11.7. The Balaban J connectivity index is 2.14. The molecule has 1 aromatic carbocycles. The highest BCUT2D eigenvalue weighted by atomic mass is 32.1. The van der Waals surface area contributed by atoms with Crippen LogP contribution in [-0.4, -0.2) is 19.0 Å². The number of amides is 1. The van der Waals surface area contributed by atoms with Gasteiger partial charge in [-0.1, -0.05) is 32.0 Å². The Morgan fingerprint density at radius 1 is 1.39 bits per heavy atom. The molecule has 3 nitrogen and oxygen atoms in total. The SMILES string of the molecule is CC(C)(CN)CNC(=O)c1csc2ccccc12. The maximum Gasteiger partial charge on any atom is 0.252 e. The summed E-state index contributed by atoms with van der Waals surface area (Å²) in [7, 11) is 0. The Bertz CT molecular complexity index is 560. The molecule has 0 aliphatic carbocycles. The number of carbonyl (C=O) groups is 1. The summed E-state index contributed by atoms with van der Waals surface area (Å²) in [5.74, 6) is -0.0195. The number of hydrogen-bond donors (Lipinski definition) is 2. The van der Waals surface area contributed by atoms with Crippen molar-refractivity contribution >= 4 is 27.3 Å². The van der Waals surface area contributed by atoms with Crippen LogP contribution in [0.4, 0.5) is 0 Å². The molecule has 0 atom stereocenters. The number of rotatable bonds is 4. The molecule has 0 saturated heterocycles. The largest absolute Gasteiger partial charge is 0.351 e. The van der Waals surface area contributed by atoms with E-state index in [0.717, 1.165) is 15.6 Å². The molecule has 0 aliphatic heterocycles. The fourth-order valence-electron chi connectivity index (χ4n) is 1.64. The third kappa shape index (κ3) is 2.71. The fourth-order valence-corrected chi connectivity index (χ4v) is 2.58. The van der Waals surface area contributed by atoms with Crippen LogP contribution in [0.15, 0.2) is 29.6 Å². The van der Waals surface area contributed by atoms with Gasteiger partial charge in [0.1, 0.15) is 0 Å². The molecular formula is C14H18N2OS. The molecule has 1 aromatic heterocycles. The van der Waals surface area contributed by atoms with Crippen LogP contribution in [0.5, 0.6) is 0 Å². The summed E-state index contributed by atoms with van der Waals surface area (Å²) < 4.78 is 1.14. The van der Waals surface area contributed by atoms with E-state index in [0.29, 0.717) is 13.1 Å². The van der Waals surface area contributed by atoms with E-state index in [1.54, 1.807) is 11.3 Å². The number of thiophene rings is 1. The van der Waals surface area contributed by atoms with Crippen molar-refractivity contribution in [2.45, 2.75) is 13.8 Å². The summed E-state index contributed by atoms with van der Waals surface area (Å²) in [6.07, 6.45) is 0. The van der Waals surface area contributed by atoms with Gasteiger partial charge in [-0.2, -0.15) is 0 Å². The monoisotopic (exact) mass is 262 g/mol.